The Morgan fingerprint density at radius 3 is 2.52 bits per heavy atom. The number of benzene rings is 2. The highest BCUT2D eigenvalue weighted by Crippen LogP contribution is 2.42. The summed E-state index contributed by atoms with van der Waals surface area (Å²) < 4.78 is 31.3. The minimum atomic E-state index is -3.29. The van der Waals surface area contributed by atoms with Gasteiger partial charge in [0.2, 0.25) is 5.91 Å². The zero-order valence-electron chi connectivity index (χ0n) is 18.3. The third-order valence-electron chi connectivity index (χ3n) is 6.09. The lowest BCUT2D eigenvalue weighted by molar-refractivity contribution is -0.139. The van der Waals surface area contributed by atoms with Gasteiger partial charge in [-0.25, -0.2) is 13.2 Å². The summed E-state index contributed by atoms with van der Waals surface area (Å²) in [6, 6.07) is 12.1. The Morgan fingerprint density at radius 2 is 1.88 bits per heavy atom. The molecule has 1 amide bonds. The van der Waals surface area contributed by atoms with Gasteiger partial charge in [0, 0.05) is 23.9 Å². The second-order valence-electron chi connectivity index (χ2n) is 8.40. The quantitative estimate of drug-likeness (QED) is 0.511. The van der Waals surface area contributed by atoms with Crippen LogP contribution in [0, 0.1) is 0 Å². The number of amides is 1. The second-order valence-corrected chi connectivity index (χ2v) is 10.4. The van der Waals surface area contributed by atoms with Gasteiger partial charge in [0.15, 0.2) is 16.4 Å². The molecule has 0 bridgehead atoms. The fraction of sp³-hybridized carbons (Fsp3) is 0.333. The van der Waals surface area contributed by atoms with E-state index in [1.807, 2.05) is 6.07 Å². The molecule has 0 saturated heterocycles. The normalized spacial score (nSPS) is 16.2. The summed E-state index contributed by atoms with van der Waals surface area (Å²) >= 11 is 0. The summed E-state index contributed by atoms with van der Waals surface area (Å²) in [7, 11) is -3.29. The van der Waals surface area contributed by atoms with Crippen LogP contribution in [0.15, 0.2) is 47.4 Å². The number of rotatable bonds is 7. The Kier molecular flexibility index (Phi) is 6.16. The number of carbonyl (C=O) groups is 2. The van der Waals surface area contributed by atoms with E-state index in [0.717, 1.165) is 41.6 Å². The molecule has 1 unspecified atom stereocenters. The fourth-order valence-corrected chi connectivity index (χ4v) is 5.26. The molecule has 33 heavy (non-hydrogen) atoms. The van der Waals surface area contributed by atoms with Crippen LogP contribution in [0.3, 0.4) is 0 Å². The molecular weight excluding hydrogens is 444 g/mol. The van der Waals surface area contributed by atoms with Crippen LogP contribution in [-0.2, 0) is 32.4 Å². The van der Waals surface area contributed by atoms with Crippen LogP contribution < -0.4 is 10.5 Å². The molecule has 8 nitrogen and oxygen atoms in total. The lowest BCUT2D eigenvalue weighted by Crippen LogP contribution is -2.21. The van der Waals surface area contributed by atoms with Gasteiger partial charge in [0.25, 0.3) is 0 Å². The summed E-state index contributed by atoms with van der Waals surface area (Å²) in [6.07, 6.45) is 4.28. The Balaban J connectivity index is 1.89. The smallest absolute Gasteiger partial charge is 0.341 e. The van der Waals surface area contributed by atoms with Crippen molar-refractivity contribution in [1.29, 1.82) is 0 Å². The van der Waals surface area contributed by atoms with Crippen molar-refractivity contribution in [2.45, 2.75) is 43.0 Å². The first-order chi connectivity index (χ1) is 15.7. The maximum absolute atomic E-state index is 12.4. The lowest BCUT2D eigenvalue weighted by atomic mass is 9.92. The highest BCUT2D eigenvalue weighted by atomic mass is 32.2. The van der Waals surface area contributed by atoms with Crippen LogP contribution >= 0.6 is 0 Å². The highest BCUT2D eigenvalue weighted by molar-refractivity contribution is 7.90. The first-order valence-corrected chi connectivity index (χ1v) is 12.6. The number of carboxylic acid groups (broad SMARTS) is 1. The predicted octanol–water partition coefficient (Wildman–Crippen LogP) is 2.85. The van der Waals surface area contributed by atoms with Gasteiger partial charge in [-0.2, -0.15) is 0 Å². The first kappa shape index (κ1) is 22.8. The number of nitrogens with two attached hydrogens (primary N) is 1. The van der Waals surface area contributed by atoms with Crippen molar-refractivity contribution in [3.63, 3.8) is 0 Å². The molecule has 2 aromatic carbocycles. The standard InChI is InChI=1S/C24H26N2O6S/c1-33(30,31)16-11-9-15(10-12-16)13-26-18-6-3-2-5-17(24(25)29)22(18)23-19(26)7-4-8-20(23)32-14-21(27)28/h4,7-12,17H,2-3,5-6,13-14H2,1H3,(H2,25,29)(H,27,28). The summed E-state index contributed by atoms with van der Waals surface area (Å²) in [5.41, 5.74) is 9.30. The zero-order valence-corrected chi connectivity index (χ0v) is 19.1. The molecule has 4 rings (SSSR count). The van der Waals surface area contributed by atoms with E-state index in [-0.39, 0.29) is 4.90 Å². The monoisotopic (exact) mass is 470 g/mol. The molecule has 1 aliphatic carbocycles. The first-order valence-electron chi connectivity index (χ1n) is 10.7. The number of hydrogen-bond donors (Lipinski definition) is 2. The Bertz CT molecular complexity index is 1330. The van der Waals surface area contributed by atoms with Gasteiger partial charge in [-0.1, -0.05) is 24.6 Å². The van der Waals surface area contributed by atoms with Gasteiger partial charge in [0.1, 0.15) is 5.75 Å². The van der Waals surface area contributed by atoms with Gasteiger partial charge in [-0.05, 0) is 54.7 Å². The maximum atomic E-state index is 12.4. The molecule has 0 radical (unpaired) electrons. The van der Waals surface area contributed by atoms with Gasteiger partial charge >= 0.3 is 5.97 Å². The zero-order chi connectivity index (χ0) is 23.8. The van der Waals surface area contributed by atoms with E-state index >= 15 is 0 Å². The minimum Gasteiger partial charge on any atom is -0.481 e. The predicted molar refractivity (Wildman–Crippen MR) is 123 cm³/mol. The molecule has 0 aliphatic heterocycles. The van der Waals surface area contributed by atoms with Crippen LogP contribution in [0.4, 0.5) is 0 Å². The highest BCUT2D eigenvalue weighted by Gasteiger charge is 2.31. The summed E-state index contributed by atoms with van der Waals surface area (Å²) in [4.78, 5) is 23.8. The largest absolute Gasteiger partial charge is 0.481 e. The van der Waals surface area contributed by atoms with Crippen molar-refractivity contribution in [3.05, 3.63) is 59.3 Å². The number of fused-ring (bicyclic) bond motifs is 3. The van der Waals surface area contributed by atoms with Crippen LogP contribution in [0.5, 0.6) is 5.75 Å². The number of aliphatic carboxylic acids is 1. The van der Waals surface area contributed by atoms with Crippen molar-refractivity contribution in [1.82, 2.24) is 4.57 Å². The van der Waals surface area contributed by atoms with E-state index in [4.69, 9.17) is 15.6 Å². The molecule has 1 aliphatic rings. The van der Waals surface area contributed by atoms with Crippen molar-refractivity contribution in [2.24, 2.45) is 5.73 Å². The molecule has 9 heteroatoms. The summed E-state index contributed by atoms with van der Waals surface area (Å²) in [5, 5.41) is 9.82. The van der Waals surface area contributed by atoms with E-state index in [1.54, 1.807) is 36.4 Å². The van der Waals surface area contributed by atoms with E-state index in [1.165, 1.54) is 6.26 Å². The Hall–Kier alpha value is -3.33. The third-order valence-corrected chi connectivity index (χ3v) is 7.22. The maximum Gasteiger partial charge on any atom is 0.341 e. The molecule has 1 atom stereocenters. The average molecular weight is 471 g/mol. The molecule has 0 spiro atoms. The van der Waals surface area contributed by atoms with E-state index in [2.05, 4.69) is 4.57 Å². The van der Waals surface area contributed by atoms with Crippen molar-refractivity contribution >= 4 is 32.6 Å². The SMILES string of the molecule is CS(=O)(=O)c1ccc(Cn2c3c(c4c(OCC(=O)O)cccc42)C(C(N)=O)CCCC3)cc1. The molecule has 1 aromatic heterocycles. The molecule has 3 aromatic rings. The van der Waals surface area contributed by atoms with Crippen molar-refractivity contribution in [2.75, 3.05) is 12.9 Å². The van der Waals surface area contributed by atoms with Gasteiger partial charge in [0.05, 0.1) is 16.3 Å². The number of primary amides is 1. The average Bonchev–Trinajstić information content (AvgIpc) is 2.91. The van der Waals surface area contributed by atoms with E-state index < -0.39 is 34.2 Å². The topological polar surface area (TPSA) is 129 Å². The van der Waals surface area contributed by atoms with Crippen molar-refractivity contribution in [3.8, 4) is 5.75 Å². The van der Waals surface area contributed by atoms with Crippen LogP contribution in [0.2, 0.25) is 0 Å². The number of aromatic nitrogens is 1. The molecule has 0 fully saturated rings. The number of nitrogens with zero attached hydrogens (tertiary/aromatic N) is 1. The van der Waals surface area contributed by atoms with Crippen LogP contribution in [0.25, 0.3) is 10.9 Å². The molecule has 1 heterocycles. The molecule has 3 N–H and O–H groups in total. The van der Waals surface area contributed by atoms with E-state index in [9.17, 15) is 18.0 Å². The Labute approximate surface area is 191 Å². The lowest BCUT2D eigenvalue weighted by Gasteiger charge is -2.14. The Morgan fingerprint density at radius 1 is 1.15 bits per heavy atom. The van der Waals surface area contributed by atoms with Crippen LogP contribution in [-0.4, -0.2) is 42.8 Å². The molecular formula is C24H26N2O6S. The number of ether oxygens (including phenoxy) is 1. The fourth-order valence-electron chi connectivity index (χ4n) is 4.63. The number of hydrogen-bond acceptors (Lipinski definition) is 5. The van der Waals surface area contributed by atoms with Gasteiger partial charge in [-0.3, -0.25) is 4.79 Å². The number of carboxylic acids is 1. The van der Waals surface area contributed by atoms with Gasteiger partial charge in [-0.15, -0.1) is 0 Å². The summed E-state index contributed by atoms with van der Waals surface area (Å²) in [5.74, 6) is -1.59. The van der Waals surface area contributed by atoms with Gasteiger partial charge < -0.3 is 20.1 Å². The summed E-state index contributed by atoms with van der Waals surface area (Å²) in [6.45, 7) is -0.0308. The number of sulfone groups is 1. The third kappa shape index (κ3) is 4.59. The van der Waals surface area contributed by atoms with Crippen molar-refractivity contribution < 1.29 is 27.9 Å². The van der Waals surface area contributed by atoms with Crippen LogP contribution in [0.1, 0.15) is 42.0 Å². The van der Waals surface area contributed by atoms with E-state index in [0.29, 0.717) is 24.1 Å². The second kappa shape index (κ2) is 8.90. The molecule has 174 valence electrons. The molecule has 0 saturated carbocycles. The minimum absolute atomic E-state index is 0.251. The number of carbonyl (C=O) groups excluding carboxylic acids is 1.